The van der Waals surface area contributed by atoms with Gasteiger partial charge in [0, 0.05) is 60.5 Å². The maximum absolute atomic E-state index is 15.0. The Morgan fingerprint density at radius 3 is 1.59 bits per heavy atom. The number of rotatable bonds is 30. The zero-order chi connectivity index (χ0) is 57.6. The van der Waals surface area contributed by atoms with Crippen LogP contribution in [0.4, 0.5) is 0 Å². The fraction of sp³-hybridized carbons (Fsp3) is 0.364. The topological polar surface area (TPSA) is 349 Å². The second-order valence-electron chi connectivity index (χ2n) is 18.8. The number of aliphatic carboxylic acids is 1. The van der Waals surface area contributed by atoms with E-state index in [4.69, 9.17) is 11.5 Å². The van der Waals surface area contributed by atoms with Crippen LogP contribution in [0, 0.1) is 0 Å². The number of carbonyl (C=O) groups excluding carboxylic acids is 8. The summed E-state index contributed by atoms with van der Waals surface area (Å²) in [5, 5.41) is 39.3. The molecule has 8 amide bonds. The van der Waals surface area contributed by atoms with Crippen LogP contribution >= 0.6 is 25.3 Å². The van der Waals surface area contributed by atoms with Crippen molar-refractivity contribution in [2.75, 3.05) is 25.1 Å². The molecule has 0 saturated carbocycles. The molecule has 22 nitrogen and oxygen atoms in total. The van der Waals surface area contributed by atoms with E-state index < -0.39 is 108 Å². The summed E-state index contributed by atoms with van der Waals surface area (Å²) < 4.78 is 0. The molecule has 24 heteroatoms. The number of carboxylic acids is 1. The van der Waals surface area contributed by atoms with Crippen LogP contribution < -0.4 is 48.7 Å². The largest absolute Gasteiger partial charge is 0.480 e. The van der Waals surface area contributed by atoms with Gasteiger partial charge in [0.15, 0.2) is 6.17 Å². The number of H-pyrrole nitrogens is 1. The Bertz CT molecular complexity index is 2860. The summed E-state index contributed by atoms with van der Waals surface area (Å²) in [6, 6.07) is 22.3. The van der Waals surface area contributed by atoms with E-state index in [0.29, 0.717) is 34.0 Å². The molecule has 1 heterocycles. The minimum Gasteiger partial charge on any atom is -0.480 e. The molecule has 5 aromatic rings. The molecule has 5 rings (SSSR count). The van der Waals surface area contributed by atoms with Crippen molar-refractivity contribution in [3.8, 4) is 0 Å². The molecule has 0 aliphatic carbocycles. The van der Waals surface area contributed by atoms with E-state index in [0.717, 1.165) is 4.90 Å². The van der Waals surface area contributed by atoms with Crippen molar-refractivity contribution in [1.29, 1.82) is 0 Å². The molecular formula is C55H69N11O11S2. The highest BCUT2D eigenvalue weighted by atomic mass is 32.1. The number of carboxylic acid groups (broad SMARTS) is 1. The summed E-state index contributed by atoms with van der Waals surface area (Å²) in [4.78, 5) is 130. The van der Waals surface area contributed by atoms with Crippen LogP contribution in [0.1, 0.15) is 53.2 Å². The second kappa shape index (κ2) is 31.0. The number of fused-ring (bicyclic) bond motifs is 1. The summed E-state index contributed by atoms with van der Waals surface area (Å²) in [5.41, 5.74) is 14.4. The fourth-order valence-electron chi connectivity index (χ4n) is 8.35. The lowest BCUT2D eigenvalue weighted by Gasteiger charge is -2.32. The van der Waals surface area contributed by atoms with Gasteiger partial charge in [-0.3, -0.25) is 38.4 Å². The Morgan fingerprint density at radius 1 is 0.570 bits per heavy atom. The van der Waals surface area contributed by atoms with Crippen LogP contribution in [0.3, 0.4) is 0 Å². The molecule has 0 fully saturated rings. The Hall–Kier alpha value is -7.77. The number of nitrogens with one attached hydrogen (secondary N) is 8. The van der Waals surface area contributed by atoms with Gasteiger partial charge in [-0.15, -0.1) is 0 Å². The maximum atomic E-state index is 15.0. The maximum Gasteiger partial charge on any atom is 0.327 e. The number of aliphatic hydroxyl groups is 1. The number of aromatic nitrogens is 1. The van der Waals surface area contributed by atoms with E-state index >= 15 is 0 Å². The number of hydrogen-bond acceptors (Lipinski definition) is 14. The van der Waals surface area contributed by atoms with E-state index in [9.17, 15) is 53.4 Å². The number of benzene rings is 4. The molecule has 14 N–H and O–H groups in total. The van der Waals surface area contributed by atoms with Crippen molar-refractivity contribution in [3.63, 3.8) is 0 Å². The number of para-hydroxylation sites is 1. The highest BCUT2D eigenvalue weighted by Crippen LogP contribution is 2.20. The van der Waals surface area contributed by atoms with Gasteiger partial charge in [0.2, 0.25) is 35.4 Å². The van der Waals surface area contributed by atoms with Crippen LogP contribution in [0.15, 0.2) is 121 Å². The summed E-state index contributed by atoms with van der Waals surface area (Å²) in [7, 11) is 1.27. The normalized spacial score (nSPS) is 14.5. The molecule has 0 unspecified atom stereocenters. The van der Waals surface area contributed by atoms with Crippen molar-refractivity contribution >= 4 is 89.4 Å². The van der Waals surface area contributed by atoms with Crippen molar-refractivity contribution in [3.05, 3.63) is 144 Å². The van der Waals surface area contributed by atoms with Gasteiger partial charge < -0.3 is 68.8 Å². The van der Waals surface area contributed by atoms with Crippen molar-refractivity contribution in [2.45, 2.75) is 100 Å². The van der Waals surface area contributed by atoms with E-state index in [1.165, 1.54) is 26.1 Å². The van der Waals surface area contributed by atoms with Gasteiger partial charge in [-0.2, -0.15) is 25.3 Å². The molecular weight excluding hydrogens is 1050 g/mol. The summed E-state index contributed by atoms with van der Waals surface area (Å²) in [6.45, 7) is 1.43. The van der Waals surface area contributed by atoms with E-state index in [1.807, 2.05) is 0 Å². The standard InChI is InChI=1S/C55H69N11O11S2/c1-32(67)45(52(73)61-41(26-33-16-6-3-7-17-33)49(70)63-44(31-79)55(76)77)64-48(69)40(24-14-15-25-56)59-50(71)43(28-36-29-58-39-23-13-12-22-37(36)39)62-53(74)46(66(2)54(75)35-20-10-5-11-21-35)65-51(72)42(60-47(68)38(57)30-78)27-34-18-8-4-9-19-34/h3-13,16-23,29,32,38,40-46,58,67,78-79H,14-15,24-28,30-31,56-57H2,1-2H3,(H,59,71)(H,60,68)(H,61,73)(H,62,74)(H,63,70)(H,64,69)(H,65,72)(H,76,77)/t32-,38+,40+,41+,42+,43+,44+,45+,46-/m1/s1. The van der Waals surface area contributed by atoms with Gasteiger partial charge in [-0.1, -0.05) is 97.1 Å². The third-order valence-corrected chi connectivity index (χ3v) is 13.6. The molecule has 1 aromatic heterocycles. The number of hydrogen-bond donors (Lipinski definition) is 14. The number of thiol groups is 2. The van der Waals surface area contributed by atoms with Crippen LogP contribution in [0.2, 0.25) is 0 Å². The number of likely N-dealkylation sites (N-methyl/N-ethyl adjacent to an activating group) is 1. The van der Waals surface area contributed by atoms with Gasteiger partial charge in [-0.05, 0) is 67.6 Å². The quantitative estimate of drug-likeness (QED) is 0.0165. The fourth-order valence-corrected chi connectivity index (χ4v) is 8.76. The second-order valence-corrected chi connectivity index (χ2v) is 19.5. The van der Waals surface area contributed by atoms with Gasteiger partial charge >= 0.3 is 5.97 Å². The van der Waals surface area contributed by atoms with E-state index in [2.05, 4.69) is 67.5 Å². The summed E-state index contributed by atoms with van der Waals surface area (Å²) in [6.07, 6.45) is -1.59. The highest BCUT2D eigenvalue weighted by Gasteiger charge is 2.38. The lowest BCUT2D eigenvalue weighted by molar-refractivity contribution is -0.141. The first-order valence-corrected chi connectivity index (χ1v) is 26.8. The number of amides is 8. The zero-order valence-electron chi connectivity index (χ0n) is 43.7. The monoisotopic (exact) mass is 1120 g/mol. The molecule has 0 aliphatic heterocycles. The highest BCUT2D eigenvalue weighted by molar-refractivity contribution is 7.80. The Morgan fingerprint density at radius 2 is 1.05 bits per heavy atom. The lowest BCUT2D eigenvalue weighted by Crippen LogP contribution is -2.64. The lowest BCUT2D eigenvalue weighted by atomic mass is 10.0. The molecule has 0 spiro atoms. The van der Waals surface area contributed by atoms with Crippen molar-refractivity contribution < 1.29 is 53.4 Å². The van der Waals surface area contributed by atoms with Crippen molar-refractivity contribution in [2.24, 2.45) is 11.5 Å². The number of aliphatic hydroxyl groups excluding tert-OH is 1. The number of unbranched alkanes of at least 4 members (excludes halogenated alkanes) is 1. The van der Waals surface area contributed by atoms with Gasteiger partial charge in [0.25, 0.3) is 11.8 Å². The predicted octanol–water partition coefficient (Wildman–Crippen LogP) is 0.100. The van der Waals surface area contributed by atoms with Crippen LogP contribution in [0.5, 0.6) is 0 Å². The molecule has 79 heavy (non-hydrogen) atoms. The molecule has 4 aromatic carbocycles. The average Bonchev–Trinajstić information content (AvgIpc) is 3.87. The van der Waals surface area contributed by atoms with Gasteiger partial charge in [0.05, 0.1) is 12.1 Å². The van der Waals surface area contributed by atoms with Crippen LogP contribution in [-0.2, 0) is 57.6 Å². The van der Waals surface area contributed by atoms with E-state index in [-0.39, 0.29) is 55.7 Å². The predicted molar refractivity (Wildman–Crippen MR) is 302 cm³/mol. The summed E-state index contributed by atoms with van der Waals surface area (Å²) >= 11 is 8.14. The number of carbonyl (C=O) groups is 9. The smallest absolute Gasteiger partial charge is 0.327 e. The SMILES string of the molecule is C[C@@H](O)[C@H](NC(=O)[C@H](CCCCN)NC(=O)[C@H](Cc1c[nH]c2ccccc12)NC(=O)[C@H](NC(=O)[C@H](Cc1ccccc1)NC(=O)[C@@H](N)CS)N(C)C(=O)c1ccccc1)C(=O)N[C@@H](Cc1ccccc1)C(=O)N[C@@H](CS)C(=O)O. The average molecular weight is 1120 g/mol. The minimum atomic E-state index is -1.85. The molecule has 9 atom stereocenters. The molecule has 0 bridgehead atoms. The van der Waals surface area contributed by atoms with Crippen molar-refractivity contribution in [1.82, 2.24) is 47.1 Å². The van der Waals surface area contributed by atoms with Gasteiger partial charge in [-0.25, -0.2) is 4.79 Å². The molecule has 0 saturated heterocycles. The molecule has 0 radical (unpaired) electrons. The minimum absolute atomic E-state index is 0.0540. The first-order chi connectivity index (χ1) is 37.8. The first-order valence-electron chi connectivity index (χ1n) is 25.5. The molecule has 0 aliphatic rings. The van der Waals surface area contributed by atoms with Gasteiger partial charge in [0.1, 0.15) is 36.3 Å². The third-order valence-electron chi connectivity index (χ3n) is 12.8. The molecule has 422 valence electrons. The Kier molecular flexibility index (Phi) is 24.3. The number of nitrogens with zero attached hydrogens (tertiary/aromatic N) is 1. The Balaban J connectivity index is 1.48. The summed E-state index contributed by atoms with van der Waals surface area (Å²) in [5.74, 6) is -8.82. The number of aromatic amines is 1. The zero-order valence-corrected chi connectivity index (χ0v) is 45.5. The number of nitrogens with two attached hydrogens (primary N) is 2. The van der Waals surface area contributed by atoms with Crippen LogP contribution in [0.25, 0.3) is 10.9 Å². The van der Waals surface area contributed by atoms with E-state index in [1.54, 1.807) is 109 Å². The van der Waals surface area contributed by atoms with Crippen LogP contribution in [-0.4, -0.2) is 153 Å². The third kappa shape index (κ3) is 18.4. The first kappa shape index (κ1) is 62.1. The Labute approximate surface area is 468 Å².